The van der Waals surface area contributed by atoms with Gasteiger partial charge in [0.1, 0.15) is 12.4 Å². The summed E-state index contributed by atoms with van der Waals surface area (Å²) < 4.78 is 5.25. The van der Waals surface area contributed by atoms with Crippen molar-refractivity contribution in [1.29, 1.82) is 0 Å². The van der Waals surface area contributed by atoms with Gasteiger partial charge in [0.15, 0.2) is 5.84 Å². The van der Waals surface area contributed by atoms with Gasteiger partial charge in [-0.15, -0.1) is 0 Å². The number of amides is 1. The molecule has 0 heterocycles. The number of rotatable bonds is 7. The number of hydrogen-bond acceptors (Lipinski definition) is 5. The first kappa shape index (κ1) is 15.2. The van der Waals surface area contributed by atoms with Gasteiger partial charge in [0.05, 0.1) is 0 Å². The highest BCUT2D eigenvalue weighted by Gasteiger charge is 2.02. The maximum Gasteiger partial charge on any atom is 0.225 e. The topological polar surface area (TPSA) is 96.9 Å². The normalized spacial score (nSPS) is 11.1. The predicted octanol–water partition coefficient (Wildman–Crippen LogP) is 1.50. The molecule has 4 N–H and O–H groups in total. The van der Waals surface area contributed by atoms with Crippen molar-refractivity contribution in [3.8, 4) is 5.75 Å². The summed E-state index contributed by atoms with van der Waals surface area (Å²) in [5.41, 5.74) is 5.99. The summed E-state index contributed by atoms with van der Waals surface area (Å²) in [5, 5.41) is 13.9. The van der Waals surface area contributed by atoms with Gasteiger partial charge in [0.25, 0.3) is 0 Å². The maximum absolute atomic E-state index is 11.5. The molecule has 104 valence electrons. The van der Waals surface area contributed by atoms with Crippen LogP contribution in [0, 0.1) is 0 Å². The van der Waals surface area contributed by atoms with Gasteiger partial charge < -0.3 is 21.0 Å². The highest BCUT2D eigenvalue weighted by atomic mass is 32.2. The minimum Gasteiger partial charge on any atom is -0.486 e. The largest absolute Gasteiger partial charge is 0.486 e. The number of carbonyl (C=O) groups excluding carboxylic acids is 1. The third-order valence-corrected chi connectivity index (χ3v) is 2.80. The second kappa shape index (κ2) is 8.25. The van der Waals surface area contributed by atoms with Gasteiger partial charge in [-0.05, 0) is 30.5 Å². The van der Waals surface area contributed by atoms with Crippen LogP contribution in [0.3, 0.4) is 0 Å². The van der Waals surface area contributed by atoms with Crippen LogP contribution in [0.15, 0.2) is 29.4 Å². The summed E-state index contributed by atoms with van der Waals surface area (Å²) in [4.78, 5) is 11.5. The number of ether oxygens (including phenoxy) is 1. The first-order chi connectivity index (χ1) is 9.15. The van der Waals surface area contributed by atoms with Crippen molar-refractivity contribution in [2.24, 2.45) is 10.9 Å². The molecule has 0 saturated carbocycles. The Kier molecular flexibility index (Phi) is 6.59. The summed E-state index contributed by atoms with van der Waals surface area (Å²) in [6.07, 6.45) is 2.45. The minimum absolute atomic E-state index is 0.00514. The van der Waals surface area contributed by atoms with E-state index in [2.05, 4.69) is 10.5 Å². The average molecular weight is 283 g/mol. The Morgan fingerprint density at radius 1 is 1.47 bits per heavy atom. The van der Waals surface area contributed by atoms with E-state index in [-0.39, 0.29) is 18.3 Å². The van der Waals surface area contributed by atoms with Gasteiger partial charge in [0.2, 0.25) is 5.91 Å². The van der Waals surface area contributed by atoms with E-state index in [1.807, 2.05) is 6.26 Å². The lowest BCUT2D eigenvalue weighted by atomic mass is 10.3. The Labute approximate surface area is 116 Å². The van der Waals surface area contributed by atoms with Crippen molar-refractivity contribution in [3.63, 3.8) is 0 Å². The van der Waals surface area contributed by atoms with E-state index in [9.17, 15) is 4.79 Å². The quantitative estimate of drug-likeness (QED) is 0.305. The van der Waals surface area contributed by atoms with Gasteiger partial charge in [-0.25, -0.2) is 0 Å². The Bertz CT molecular complexity index is 434. The molecule has 0 saturated heterocycles. The Balaban J connectivity index is 2.45. The van der Waals surface area contributed by atoms with Crippen LogP contribution in [0.4, 0.5) is 5.69 Å². The molecule has 0 radical (unpaired) electrons. The van der Waals surface area contributed by atoms with Crippen LogP contribution in [0.5, 0.6) is 5.75 Å². The molecule has 1 aromatic carbocycles. The first-order valence-electron chi connectivity index (χ1n) is 5.63. The number of anilines is 1. The fourth-order valence-corrected chi connectivity index (χ4v) is 1.63. The van der Waals surface area contributed by atoms with Gasteiger partial charge in [-0.1, -0.05) is 5.16 Å². The van der Waals surface area contributed by atoms with E-state index in [1.54, 1.807) is 36.0 Å². The van der Waals surface area contributed by atoms with Crippen LogP contribution < -0.4 is 15.8 Å². The summed E-state index contributed by atoms with van der Waals surface area (Å²) in [5.74, 6) is 1.36. The number of hydrogen-bond donors (Lipinski definition) is 3. The lowest BCUT2D eigenvalue weighted by Gasteiger charge is -2.07. The molecule has 1 rings (SSSR count). The van der Waals surface area contributed by atoms with Crippen LogP contribution in [0.2, 0.25) is 0 Å². The Hall–Kier alpha value is -1.89. The number of nitrogens with zero attached hydrogens (tertiary/aromatic N) is 1. The van der Waals surface area contributed by atoms with E-state index in [0.29, 0.717) is 17.9 Å². The van der Waals surface area contributed by atoms with Gasteiger partial charge in [-0.2, -0.15) is 11.8 Å². The Morgan fingerprint density at radius 2 is 2.16 bits per heavy atom. The zero-order valence-electron chi connectivity index (χ0n) is 10.6. The fourth-order valence-electron chi connectivity index (χ4n) is 1.24. The molecule has 6 nitrogen and oxygen atoms in total. The Morgan fingerprint density at radius 3 is 2.74 bits per heavy atom. The molecule has 1 amide bonds. The molecular formula is C12H17N3O3S. The number of thioether (sulfide) groups is 1. The predicted molar refractivity (Wildman–Crippen MR) is 77.0 cm³/mol. The number of nitrogens with two attached hydrogens (primary N) is 1. The van der Waals surface area contributed by atoms with Crippen molar-refractivity contribution in [2.75, 3.05) is 23.9 Å². The summed E-state index contributed by atoms with van der Waals surface area (Å²) in [6, 6.07) is 6.88. The van der Waals surface area contributed by atoms with Crippen LogP contribution in [-0.4, -0.2) is 35.6 Å². The van der Waals surface area contributed by atoms with E-state index < -0.39 is 0 Å². The van der Waals surface area contributed by atoms with Gasteiger partial charge >= 0.3 is 0 Å². The first-order valence-corrected chi connectivity index (χ1v) is 7.03. The molecule has 0 aliphatic carbocycles. The molecule has 0 atom stereocenters. The number of nitrogens with one attached hydrogen (secondary N) is 1. The molecule has 0 aromatic heterocycles. The lowest BCUT2D eigenvalue weighted by molar-refractivity contribution is -0.115. The molecule has 7 heteroatoms. The SMILES string of the molecule is CSCCC(=O)Nc1ccc(OCC(N)=NO)cc1. The van der Waals surface area contributed by atoms with Crippen LogP contribution in [0.25, 0.3) is 0 Å². The molecule has 0 aliphatic heterocycles. The second-order valence-electron chi connectivity index (χ2n) is 3.70. The molecule has 0 aliphatic rings. The van der Waals surface area contributed by atoms with E-state index in [4.69, 9.17) is 15.7 Å². The molecule has 0 bridgehead atoms. The molecule has 0 fully saturated rings. The summed E-state index contributed by atoms with van der Waals surface area (Å²) in [6.45, 7) is 0.00985. The average Bonchev–Trinajstić information content (AvgIpc) is 2.44. The van der Waals surface area contributed by atoms with Crippen molar-refractivity contribution < 1.29 is 14.7 Å². The lowest BCUT2D eigenvalue weighted by Crippen LogP contribution is -2.20. The molecule has 0 unspecified atom stereocenters. The monoisotopic (exact) mass is 283 g/mol. The van der Waals surface area contributed by atoms with Crippen molar-refractivity contribution in [1.82, 2.24) is 0 Å². The molecule has 0 spiro atoms. The van der Waals surface area contributed by atoms with E-state index >= 15 is 0 Å². The van der Waals surface area contributed by atoms with E-state index in [1.165, 1.54) is 0 Å². The van der Waals surface area contributed by atoms with Crippen molar-refractivity contribution in [3.05, 3.63) is 24.3 Å². The number of amidine groups is 1. The van der Waals surface area contributed by atoms with Gasteiger partial charge in [0, 0.05) is 17.9 Å². The van der Waals surface area contributed by atoms with Crippen LogP contribution in [-0.2, 0) is 4.79 Å². The number of oxime groups is 1. The summed E-state index contributed by atoms with van der Waals surface area (Å²) in [7, 11) is 0. The zero-order chi connectivity index (χ0) is 14.1. The fraction of sp³-hybridized carbons (Fsp3) is 0.333. The standard InChI is InChI=1S/C12H17N3O3S/c1-19-7-6-12(16)14-9-2-4-10(5-3-9)18-8-11(13)15-17/h2-5,17H,6-8H2,1H3,(H2,13,15)(H,14,16). The molecule has 19 heavy (non-hydrogen) atoms. The highest BCUT2D eigenvalue weighted by molar-refractivity contribution is 7.98. The van der Waals surface area contributed by atoms with Gasteiger partial charge in [-0.3, -0.25) is 4.79 Å². The third-order valence-electron chi connectivity index (χ3n) is 2.19. The summed E-state index contributed by atoms with van der Waals surface area (Å²) >= 11 is 1.63. The molecular weight excluding hydrogens is 266 g/mol. The smallest absolute Gasteiger partial charge is 0.225 e. The third kappa shape index (κ3) is 6.01. The van der Waals surface area contributed by atoms with Crippen molar-refractivity contribution in [2.45, 2.75) is 6.42 Å². The van der Waals surface area contributed by atoms with E-state index in [0.717, 1.165) is 5.75 Å². The van der Waals surface area contributed by atoms with Crippen LogP contribution >= 0.6 is 11.8 Å². The maximum atomic E-state index is 11.5. The minimum atomic E-state index is -0.0142. The number of carbonyl (C=O) groups is 1. The number of benzene rings is 1. The molecule has 1 aromatic rings. The highest BCUT2D eigenvalue weighted by Crippen LogP contribution is 2.15. The van der Waals surface area contributed by atoms with Crippen LogP contribution in [0.1, 0.15) is 6.42 Å². The van der Waals surface area contributed by atoms with Crippen molar-refractivity contribution >= 4 is 29.2 Å². The zero-order valence-corrected chi connectivity index (χ0v) is 11.4. The second-order valence-corrected chi connectivity index (χ2v) is 4.68.